The van der Waals surface area contributed by atoms with Gasteiger partial charge in [0.2, 0.25) is 0 Å². The van der Waals surface area contributed by atoms with Crippen LogP contribution in [0.3, 0.4) is 0 Å². The van der Waals surface area contributed by atoms with E-state index in [9.17, 15) is 19.8 Å². The fraction of sp³-hybridized carbons (Fsp3) is 0.833. The Labute approximate surface area is 105 Å². The zero-order chi connectivity index (χ0) is 13.7. The number of carbonyl (C=O) groups is 2. The molecule has 1 saturated carbocycles. The predicted molar refractivity (Wildman–Crippen MR) is 62.0 cm³/mol. The summed E-state index contributed by atoms with van der Waals surface area (Å²) in [5.41, 5.74) is 0. The van der Waals surface area contributed by atoms with E-state index in [0.717, 1.165) is 25.7 Å². The van der Waals surface area contributed by atoms with Crippen molar-refractivity contribution in [3.63, 3.8) is 0 Å². The van der Waals surface area contributed by atoms with Crippen molar-refractivity contribution in [2.75, 3.05) is 0 Å². The molecule has 1 aliphatic carbocycles. The van der Waals surface area contributed by atoms with Gasteiger partial charge in [-0.25, -0.2) is 9.59 Å². The van der Waals surface area contributed by atoms with Gasteiger partial charge in [0.15, 0.2) is 12.2 Å². The van der Waals surface area contributed by atoms with Crippen LogP contribution in [0.2, 0.25) is 0 Å². The maximum Gasteiger partial charge on any atom is 0.332 e. The third-order valence-corrected chi connectivity index (χ3v) is 3.65. The first-order valence-corrected chi connectivity index (χ1v) is 6.22. The molecule has 1 aliphatic rings. The van der Waals surface area contributed by atoms with Gasteiger partial charge in [-0.2, -0.15) is 0 Å². The van der Waals surface area contributed by atoms with Gasteiger partial charge in [-0.15, -0.1) is 0 Å². The third-order valence-electron chi connectivity index (χ3n) is 3.65. The standard InChI is InChI=1S/C12H20O6/c13-9(11(15)16)5-7-1-2-8(4-3-7)6-10(14)12(17)18/h7-10,13-14H,1-6H2,(H,15,16)(H,17,18). The zero-order valence-corrected chi connectivity index (χ0v) is 10.2. The summed E-state index contributed by atoms with van der Waals surface area (Å²) in [6, 6.07) is 0. The maximum atomic E-state index is 10.5. The van der Waals surface area contributed by atoms with E-state index in [4.69, 9.17) is 10.2 Å². The van der Waals surface area contributed by atoms with Crippen molar-refractivity contribution >= 4 is 11.9 Å². The van der Waals surface area contributed by atoms with E-state index in [1.54, 1.807) is 0 Å². The molecule has 0 aromatic carbocycles. The predicted octanol–water partition coefficient (Wildman–Crippen LogP) is 0.464. The summed E-state index contributed by atoms with van der Waals surface area (Å²) in [5, 5.41) is 35.7. The molecule has 1 fully saturated rings. The molecular formula is C12H20O6. The number of hydrogen-bond acceptors (Lipinski definition) is 4. The molecule has 104 valence electrons. The molecule has 0 aromatic heterocycles. The summed E-state index contributed by atoms with van der Waals surface area (Å²) in [6.45, 7) is 0. The Morgan fingerprint density at radius 1 is 0.833 bits per heavy atom. The lowest BCUT2D eigenvalue weighted by Gasteiger charge is -2.29. The molecule has 1 rings (SSSR count). The second-order valence-corrected chi connectivity index (χ2v) is 5.07. The van der Waals surface area contributed by atoms with Crippen LogP contribution in [0.4, 0.5) is 0 Å². The number of rotatable bonds is 6. The van der Waals surface area contributed by atoms with E-state index in [-0.39, 0.29) is 24.7 Å². The lowest BCUT2D eigenvalue weighted by atomic mass is 9.77. The summed E-state index contributed by atoms with van der Waals surface area (Å²) < 4.78 is 0. The first-order chi connectivity index (χ1) is 8.40. The van der Waals surface area contributed by atoms with Gasteiger partial charge in [0.05, 0.1) is 0 Å². The highest BCUT2D eigenvalue weighted by Gasteiger charge is 2.28. The smallest absolute Gasteiger partial charge is 0.332 e. The van der Waals surface area contributed by atoms with E-state index in [0.29, 0.717) is 0 Å². The SMILES string of the molecule is O=C(O)C(O)CC1CCC(CC(O)C(=O)O)CC1. The molecule has 6 heteroatoms. The van der Waals surface area contributed by atoms with Gasteiger partial charge in [-0.1, -0.05) is 25.7 Å². The van der Waals surface area contributed by atoms with E-state index in [2.05, 4.69) is 0 Å². The fourth-order valence-electron chi connectivity index (χ4n) is 2.54. The number of aliphatic carboxylic acids is 2. The largest absolute Gasteiger partial charge is 0.479 e. The molecule has 2 unspecified atom stereocenters. The van der Waals surface area contributed by atoms with Crippen LogP contribution in [0.25, 0.3) is 0 Å². The summed E-state index contributed by atoms with van der Waals surface area (Å²) >= 11 is 0. The lowest BCUT2D eigenvalue weighted by molar-refractivity contribution is -0.149. The fourth-order valence-corrected chi connectivity index (χ4v) is 2.54. The van der Waals surface area contributed by atoms with Crippen LogP contribution in [0.15, 0.2) is 0 Å². The average Bonchev–Trinajstić information content (AvgIpc) is 2.31. The molecule has 0 aliphatic heterocycles. The van der Waals surface area contributed by atoms with E-state index < -0.39 is 24.1 Å². The molecule has 0 amide bonds. The van der Waals surface area contributed by atoms with Crippen LogP contribution >= 0.6 is 0 Å². The molecule has 4 N–H and O–H groups in total. The average molecular weight is 260 g/mol. The lowest BCUT2D eigenvalue weighted by Crippen LogP contribution is -2.28. The number of carboxylic acid groups (broad SMARTS) is 2. The van der Waals surface area contributed by atoms with Gasteiger partial charge in [0, 0.05) is 0 Å². The van der Waals surface area contributed by atoms with Gasteiger partial charge in [-0.05, 0) is 24.7 Å². The highest BCUT2D eigenvalue weighted by Crippen LogP contribution is 2.33. The maximum absolute atomic E-state index is 10.5. The molecule has 0 radical (unpaired) electrons. The Balaban J connectivity index is 2.28. The summed E-state index contributed by atoms with van der Waals surface area (Å²) in [4.78, 5) is 21.0. The minimum absolute atomic E-state index is 0.175. The van der Waals surface area contributed by atoms with Gasteiger partial charge >= 0.3 is 11.9 Å². The van der Waals surface area contributed by atoms with Crippen molar-refractivity contribution < 1.29 is 30.0 Å². The number of aliphatic hydroxyl groups excluding tert-OH is 2. The first kappa shape index (κ1) is 14.9. The molecule has 0 aromatic rings. The number of hydrogen-bond donors (Lipinski definition) is 4. The van der Waals surface area contributed by atoms with Crippen molar-refractivity contribution in [3.8, 4) is 0 Å². The van der Waals surface area contributed by atoms with E-state index in [1.807, 2.05) is 0 Å². The minimum Gasteiger partial charge on any atom is -0.479 e. The van der Waals surface area contributed by atoms with Crippen molar-refractivity contribution in [2.45, 2.75) is 50.7 Å². The monoisotopic (exact) mass is 260 g/mol. The second-order valence-electron chi connectivity index (χ2n) is 5.07. The zero-order valence-electron chi connectivity index (χ0n) is 10.2. The van der Waals surface area contributed by atoms with Gasteiger partial charge in [0.25, 0.3) is 0 Å². The topological polar surface area (TPSA) is 115 Å². The highest BCUT2D eigenvalue weighted by molar-refractivity contribution is 5.72. The van der Waals surface area contributed by atoms with Crippen molar-refractivity contribution in [2.24, 2.45) is 11.8 Å². The highest BCUT2D eigenvalue weighted by atomic mass is 16.4. The summed E-state index contributed by atoms with van der Waals surface area (Å²) in [7, 11) is 0. The summed E-state index contributed by atoms with van der Waals surface area (Å²) in [5.74, 6) is -2.04. The van der Waals surface area contributed by atoms with Crippen molar-refractivity contribution in [1.29, 1.82) is 0 Å². The summed E-state index contributed by atoms with van der Waals surface area (Å²) in [6.07, 6.45) is 1.01. The van der Waals surface area contributed by atoms with Crippen LogP contribution in [0.5, 0.6) is 0 Å². The van der Waals surface area contributed by atoms with Gasteiger partial charge in [0.1, 0.15) is 0 Å². The Bertz CT molecular complexity index is 265. The normalized spacial score (nSPS) is 27.4. The quantitative estimate of drug-likeness (QED) is 0.551. The third kappa shape index (κ3) is 4.62. The second kappa shape index (κ2) is 6.70. The molecule has 0 heterocycles. The molecular weight excluding hydrogens is 240 g/mol. The molecule has 0 spiro atoms. The Morgan fingerprint density at radius 3 is 1.33 bits per heavy atom. The molecule has 0 saturated heterocycles. The Hall–Kier alpha value is -1.14. The van der Waals surface area contributed by atoms with Crippen molar-refractivity contribution in [1.82, 2.24) is 0 Å². The Morgan fingerprint density at radius 2 is 1.11 bits per heavy atom. The molecule has 6 nitrogen and oxygen atoms in total. The van der Waals surface area contributed by atoms with E-state index >= 15 is 0 Å². The Kier molecular flexibility index (Phi) is 5.55. The van der Waals surface area contributed by atoms with Crippen LogP contribution in [0, 0.1) is 11.8 Å². The van der Waals surface area contributed by atoms with Crippen molar-refractivity contribution in [3.05, 3.63) is 0 Å². The molecule has 2 atom stereocenters. The molecule has 18 heavy (non-hydrogen) atoms. The first-order valence-electron chi connectivity index (χ1n) is 6.22. The van der Waals surface area contributed by atoms with Gasteiger partial charge in [-0.3, -0.25) is 0 Å². The number of carboxylic acids is 2. The van der Waals surface area contributed by atoms with Crippen LogP contribution in [-0.4, -0.2) is 44.6 Å². The van der Waals surface area contributed by atoms with Gasteiger partial charge < -0.3 is 20.4 Å². The molecule has 0 bridgehead atoms. The van der Waals surface area contributed by atoms with Crippen LogP contribution in [-0.2, 0) is 9.59 Å². The van der Waals surface area contributed by atoms with Crippen LogP contribution < -0.4 is 0 Å². The van der Waals surface area contributed by atoms with Crippen LogP contribution in [0.1, 0.15) is 38.5 Å². The van der Waals surface area contributed by atoms with E-state index in [1.165, 1.54) is 0 Å². The minimum atomic E-state index is -1.31. The number of aliphatic hydroxyl groups is 2.